The highest BCUT2D eigenvalue weighted by Crippen LogP contribution is 2.31. The van der Waals surface area contributed by atoms with Gasteiger partial charge in [-0.05, 0) is 36.4 Å². The van der Waals surface area contributed by atoms with E-state index in [0.29, 0.717) is 6.54 Å². The van der Waals surface area contributed by atoms with Gasteiger partial charge in [0.25, 0.3) is 0 Å². The van der Waals surface area contributed by atoms with Crippen molar-refractivity contribution in [2.75, 3.05) is 0 Å². The Kier molecular flexibility index (Phi) is 4.70. The first kappa shape index (κ1) is 18.3. The Morgan fingerprint density at radius 3 is 2.31 bits per heavy atom. The maximum atomic E-state index is 12.9. The normalized spacial score (nSPS) is 13.3. The number of halogens is 1. The van der Waals surface area contributed by atoms with Gasteiger partial charge in [0.1, 0.15) is 0 Å². The van der Waals surface area contributed by atoms with Gasteiger partial charge < -0.3 is 17.5 Å². The molecule has 3 nitrogen and oxygen atoms in total. The van der Waals surface area contributed by atoms with Crippen LogP contribution >= 0.6 is 0 Å². The van der Waals surface area contributed by atoms with Crippen LogP contribution in [0.4, 0.5) is 0 Å². The molecule has 1 N–H and O–H groups in total. The zero-order chi connectivity index (χ0) is 17.6. The van der Waals surface area contributed by atoms with Crippen LogP contribution in [0.3, 0.4) is 0 Å². The Morgan fingerprint density at radius 1 is 1.00 bits per heavy atom. The number of Topliss-reactive ketones (excluding diaryl/α,β-unsaturated/α-hetero) is 1. The molecule has 0 unspecified atom stereocenters. The van der Waals surface area contributed by atoms with Crippen LogP contribution in [0.15, 0.2) is 66.5 Å². The first-order valence-corrected chi connectivity index (χ1v) is 8.42. The topological polar surface area (TPSA) is 41.2 Å². The van der Waals surface area contributed by atoms with E-state index in [4.69, 9.17) is 0 Å². The Balaban J connectivity index is 0.00000196. The third-order valence-corrected chi connectivity index (χ3v) is 4.75. The molecule has 0 radical (unpaired) electrons. The smallest absolute Gasteiger partial charge is 0.196 e. The van der Waals surface area contributed by atoms with Gasteiger partial charge in [-0.3, -0.25) is 4.79 Å². The number of ketones is 1. The van der Waals surface area contributed by atoms with E-state index >= 15 is 0 Å². The van der Waals surface area contributed by atoms with Gasteiger partial charge in [-0.25, -0.2) is 4.57 Å². The van der Waals surface area contributed by atoms with Crippen molar-refractivity contribution < 1.29 is 26.9 Å². The molecule has 0 aliphatic heterocycles. The summed E-state index contributed by atoms with van der Waals surface area (Å²) in [5, 5.41) is 12.2. The largest absolute Gasteiger partial charge is 1.00 e. The summed E-state index contributed by atoms with van der Waals surface area (Å²) < 4.78 is 1.97. The van der Waals surface area contributed by atoms with Gasteiger partial charge in [-0.2, -0.15) is 0 Å². The molecule has 4 heteroatoms. The van der Waals surface area contributed by atoms with Crippen molar-refractivity contribution in [2.45, 2.75) is 26.0 Å². The SMILES string of the molecule is CC(C)(O)c1cc[n+](CC2=Cc3cccc4cccc(c34)C2=O)cc1.[Cl-]. The van der Waals surface area contributed by atoms with E-state index in [9.17, 15) is 9.90 Å². The van der Waals surface area contributed by atoms with E-state index in [0.717, 1.165) is 33.0 Å². The lowest BCUT2D eigenvalue weighted by molar-refractivity contribution is -0.688. The van der Waals surface area contributed by atoms with Gasteiger partial charge in [0.15, 0.2) is 24.7 Å². The molecular weight excluding hydrogens is 346 g/mol. The quantitative estimate of drug-likeness (QED) is 0.692. The number of benzene rings is 2. The Morgan fingerprint density at radius 2 is 1.65 bits per heavy atom. The molecule has 4 rings (SSSR count). The van der Waals surface area contributed by atoms with E-state index in [-0.39, 0.29) is 18.2 Å². The fraction of sp³-hybridized carbons (Fsp3) is 0.182. The summed E-state index contributed by atoms with van der Waals surface area (Å²) in [6.07, 6.45) is 5.81. The number of carbonyl (C=O) groups excluding carboxylic acids is 1. The fourth-order valence-electron chi connectivity index (χ4n) is 3.39. The molecule has 1 aliphatic rings. The number of aliphatic hydroxyl groups is 1. The molecule has 1 heterocycles. The van der Waals surface area contributed by atoms with Gasteiger partial charge in [0, 0.05) is 23.1 Å². The second-order valence-electron chi connectivity index (χ2n) is 7.07. The molecule has 0 saturated carbocycles. The number of pyridine rings is 1. The summed E-state index contributed by atoms with van der Waals surface area (Å²) >= 11 is 0. The molecular formula is C22H20ClNO2. The van der Waals surface area contributed by atoms with E-state index in [1.807, 2.05) is 65.5 Å². The molecule has 2 aromatic carbocycles. The van der Waals surface area contributed by atoms with Crippen molar-refractivity contribution in [3.63, 3.8) is 0 Å². The van der Waals surface area contributed by atoms with E-state index in [2.05, 4.69) is 6.07 Å². The van der Waals surface area contributed by atoms with Crippen LogP contribution < -0.4 is 17.0 Å². The number of rotatable bonds is 3. The lowest BCUT2D eigenvalue weighted by Gasteiger charge is -2.17. The number of hydrogen-bond donors (Lipinski definition) is 1. The Labute approximate surface area is 159 Å². The minimum absolute atomic E-state index is 0. The fourth-order valence-corrected chi connectivity index (χ4v) is 3.39. The standard InChI is InChI=1S/C22H20NO2.ClH/c1-22(2,25)18-9-11-23(12-10-18)14-17-13-16-7-3-5-15-6-4-8-19(20(15)16)21(17)24;/h3-13,25H,14H2,1-2H3;1H/q+1;/p-1. The molecule has 3 aromatic rings. The van der Waals surface area contributed by atoms with E-state index in [1.54, 1.807) is 13.8 Å². The monoisotopic (exact) mass is 365 g/mol. The van der Waals surface area contributed by atoms with Gasteiger partial charge >= 0.3 is 0 Å². The predicted octanol–water partition coefficient (Wildman–Crippen LogP) is 0.639. The van der Waals surface area contributed by atoms with Gasteiger partial charge in [0.2, 0.25) is 0 Å². The molecule has 0 saturated heterocycles. The third kappa shape index (κ3) is 3.16. The van der Waals surface area contributed by atoms with Gasteiger partial charge in [-0.15, -0.1) is 0 Å². The van der Waals surface area contributed by atoms with Crippen molar-refractivity contribution in [1.82, 2.24) is 0 Å². The number of carbonyl (C=O) groups is 1. The van der Waals surface area contributed by atoms with Gasteiger partial charge in [0.05, 0.1) is 11.2 Å². The molecule has 132 valence electrons. The summed E-state index contributed by atoms with van der Waals surface area (Å²) in [6, 6.07) is 15.8. The average molecular weight is 366 g/mol. The summed E-state index contributed by atoms with van der Waals surface area (Å²) in [5.41, 5.74) is 2.62. The highest BCUT2D eigenvalue weighted by atomic mass is 35.5. The van der Waals surface area contributed by atoms with Crippen molar-refractivity contribution in [3.8, 4) is 0 Å². The lowest BCUT2D eigenvalue weighted by Crippen LogP contribution is -3.00. The highest BCUT2D eigenvalue weighted by molar-refractivity contribution is 6.22. The second kappa shape index (κ2) is 6.67. The van der Waals surface area contributed by atoms with E-state index < -0.39 is 5.60 Å². The Bertz CT molecular complexity index is 1010. The minimum Gasteiger partial charge on any atom is -1.00 e. The first-order chi connectivity index (χ1) is 11.9. The van der Waals surface area contributed by atoms with Crippen LogP contribution in [-0.2, 0) is 12.1 Å². The second-order valence-corrected chi connectivity index (χ2v) is 7.07. The molecule has 1 aromatic heterocycles. The van der Waals surface area contributed by atoms with Crippen molar-refractivity contribution >= 4 is 22.6 Å². The van der Waals surface area contributed by atoms with Crippen LogP contribution in [0.1, 0.15) is 35.3 Å². The molecule has 26 heavy (non-hydrogen) atoms. The van der Waals surface area contributed by atoms with E-state index in [1.165, 1.54) is 0 Å². The highest BCUT2D eigenvalue weighted by Gasteiger charge is 2.24. The number of nitrogens with zero attached hydrogens (tertiary/aromatic N) is 1. The third-order valence-electron chi connectivity index (χ3n) is 4.75. The van der Waals surface area contributed by atoms with Crippen LogP contribution in [0.25, 0.3) is 16.8 Å². The number of allylic oxidation sites excluding steroid dienone is 1. The number of hydrogen-bond acceptors (Lipinski definition) is 2. The zero-order valence-electron chi connectivity index (χ0n) is 14.7. The van der Waals surface area contributed by atoms with Crippen molar-refractivity contribution in [1.29, 1.82) is 0 Å². The maximum absolute atomic E-state index is 12.9. The predicted molar refractivity (Wildman–Crippen MR) is 98.1 cm³/mol. The summed E-state index contributed by atoms with van der Waals surface area (Å²) in [7, 11) is 0. The molecule has 1 aliphatic carbocycles. The first-order valence-electron chi connectivity index (χ1n) is 8.42. The minimum atomic E-state index is -0.867. The molecule has 0 bridgehead atoms. The van der Waals surface area contributed by atoms with Crippen LogP contribution in [0.5, 0.6) is 0 Å². The van der Waals surface area contributed by atoms with Crippen LogP contribution in [0, 0.1) is 0 Å². The Hall–Kier alpha value is -2.49. The molecule has 0 spiro atoms. The molecule has 0 atom stereocenters. The lowest BCUT2D eigenvalue weighted by atomic mass is 9.88. The van der Waals surface area contributed by atoms with Crippen molar-refractivity contribution in [2.24, 2.45) is 0 Å². The molecule has 0 fully saturated rings. The molecule has 0 amide bonds. The summed E-state index contributed by atoms with van der Waals surface area (Å²) in [6.45, 7) is 4.03. The van der Waals surface area contributed by atoms with Crippen LogP contribution in [-0.4, -0.2) is 10.9 Å². The average Bonchev–Trinajstić information content (AvgIpc) is 2.59. The van der Waals surface area contributed by atoms with Crippen molar-refractivity contribution in [3.05, 3.63) is 83.2 Å². The number of aromatic nitrogens is 1. The zero-order valence-corrected chi connectivity index (χ0v) is 15.5. The summed E-state index contributed by atoms with van der Waals surface area (Å²) in [4.78, 5) is 12.9. The summed E-state index contributed by atoms with van der Waals surface area (Å²) in [5.74, 6) is 0.0864. The van der Waals surface area contributed by atoms with Crippen LogP contribution in [0.2, 0.25) is 0 Å². The maximum Gasteiger partial charge on any atom is 0.196 e. The van der Waals surface area contributed by atoms with Gasteiger partial charge in [-0.1, -0.05) is 36.4 Å².